The number of aryl methyl sites for hydroxylation is 1. The molecular weight excluding hydrogens is 354 g/mol. The summed E-state index contributed by atoms with van der Waals surface area (Å²) in [6.07, 6.45) is 5.25. The number of thioether (sulfide) groups is 1. The molecule has 0 unspecified atom stereocenters. The van der Waals surface area contributed by atoms with Gasteiger partial charge in [0, 0.05) is 30.0 Å². The summed E-state index contributed by atoms with van der Waals surface area (Å²) >= 11 is 1.55. The van der Waals surface area contributed by atoms with Gasteiger partial charge in [0.1, 0.15) is 5.03 Å². The number of carbonyl (C=O) groups excluding carboxylic acids is 1. The minimum absolute atomic E-state index is 0.142. The second kappa shape index (κ2) is 8.82. The van der Waals surface area contributed by atoms with E-state index in [1.807, 2.05) is 30.3 Å². The van der Waals surface area contributed by atoms with E-state index in [0.717, 1.165) is 22.0 Å². The quantitative estimate of drug-likeness (QED) is 0.580. The minimum atomic E-state index is -0.142. The Balaban J connectivity index is 1.74. The number of hydrogen-bond acceptors (Lipinski definition) is 4. The van der Waals surface area contributed by atoms with Crippen molar-refractivity contribution in [1.29, 1.82) is 0 Å². The number of pyridine rings is 2. The topological polar surface area (TPSA) is 54.9 Å². The molecule has 0 saturated heterocycles. The molecule has 3 aromatic rings. The van der Waals surface area contributed by atoms with E-state index < -0.39 is 0 Å². The van der Waals surface area contributed by atoms with Crippen LogP contribution in [0.5, 0.6) is 0 Å². The Kier molecular flexibility index (Phi) is 6.24. The SMILES string of the molecule is Cc1cc(NC(=O)c2cccnc2SCc2ccncc2)ccc1C(C)C. The van der Waals surface area contributed by atoms with Crippen molar-refractivity contribution in [2.24, 2.45) is 0 Å². The standard InChI is InChI=1S/C22H23N3OS/c1-15(2)19-7-6-18(13-16(19)3)25-21(26)20-5-4-10-24-22(20)27-14-17-8-11-23-12-9-17/h4-13,15H,14H2,1-3H3,(H,25,26). The lowest BCUT2D eigenvalue weighted by molar-refractivity contribution is 0.102. The zero-order valence-electron chi connectivity index (χ0n) is 15.8. The van der Waals surface area contributed by atoms with Crippen molar-refractivity contribution in [3.63, 3.8) is 0 Å². The Hall–Kier alpha value is -2.66. The number of nitrogens with zero attached hydrogens (tertiary/aromatic N) is 2. The predicted octanol–water partition coefficient (Wildman–Crippen LogP) is 5.45. The summed E-state index contributed by atoms with van der Waals surface area (Å²) in [5.74, 6) is 1.06. The maximum Gasteiger partial charge on any atom is 0.258 e. The van der Waals surface area contributed by atoms with Crippen LogP contribution in [0.1, 0.15) is 46.8 Å². The van der Waals surface area contributed by atoms with Gasteiger partial charge >= 0.3 is 0 Å². The monoisotopic (exact) mass is 377 g/mol. The van der Waals surface area contributed by atoms with E-state index in [1.54, 1.807) is 36.4 Å². The first-order valence-corrected chi connectivity index (χ1v) is 9.92. The zero-order chi connectivity index (χ0) is 19.2. The Morgan fingerprint density at radius 2 is 1.89 bits per heavy atom. The van der Waals surface area contributed by atoms with Gasteiger partial charge in [-0.15, -0.1) is 11.8 Å². The summed E-state index contributed by atoms with van der Waals surface area (Å²) in [7, 11) is 0. The third-order valence-electron chi connectivity index (χ3n) is 4.29. The molecule has 0 spiro atoms. The van der Waals surface area contributed by atoms with Crippen molar-refractivity contribution in [1.82, 2.24) is 9.97 Å². The fourth-order valence-electron chi connectivity index (χ4n) is 2.91. The number of anilines is 1. The predicted molar refractivity (Wildman–Crippen MR) is 111 cm³/mol. The summed E-state index contributed by atoms with van der Waals surface area (Å²) in [5.41, 5.74) is 5.01. The summed E-state index contributed by atoms with van der Waals surface area (Å²) in [6, 6.07) is 13.6. The molecule has 1 N–H and O–H groups in total. The number of rotatable bonds is 6. The van der Waals surface area contributed by atoms with E-state index in [2.05, 4.69) is 42.1 Å². The van der Waals surface area contributed by atoms with Crippen LogP contribution in [0.3, 0.4) is 0 Å². The molecule has 0 aliphatic heterocycles. The van der Waals surface area contributed by atoms with Crippen LogP contribution in [0.15, 0.2) is 66.1 Å². The molecular formula is C22H23N3OS. The summed E-state index contributed by atoms with van der Waals surface area (Å²) < 4.78 is 0. The van der Waals surface area contributed by atoms with Gasteiger partial charge in [-0.05, 0) is 65.9 Å². The molecule has 27 heavy (non-hydrogen) atoms. The third kappa shape index (κ3) is 4.95. The van der Waals surface area contributed by atoms with E-state index in [-0.39, 0.29) is 5.91 Å². The molecule has 0 atom stereocenters. The molecule has 2 aromatic heterocycles. The van der Waals surface area contributed by atoms with Crippen LogP contribution in [0.25, 0.3) is 0 Å². The largest absolute Gasteiger partial charge is 0.322 e. The van der Waals surface area contributed by atoms with Gasteiger partial charge in [0.25, 0.3) is 5.91 Å². The highest BCUT2D eigenvalue weighted by Gasteiger charge is 2.14. The lowest BCUT2D eigenvalue weighted by Gasteiger charge is -2.13. The third-order valence-corrected chi connectivity index (χ3v) is 5.37. The fourth-order valence-corrected chi connectivity index (χ4v) is 3.86. The van der Waals surface area contributed by atoms with Crippen molar-refractivity contribution < 1.29 is 4.79 Å². The maximum absolute atomic E-state index is 12.8. The van der Waals surface area contributed by atoms with Crippen LogP contribution in [-0.4, -0.2) is 15.9 Å². The van der Waals surface area contributed by atoms with Gasteiger partial charge in [-0.3, -0.25) is 9.78 Å². The smallest absolute Gasteiger partial charge is 0.258 e. The second-order valence-corrected chi connectivity index (χ2v) is 7.64. The molecule has 2 heterocycles. The van der Waals surface area contributed by atoms with Gasteiger partial charge < -0.3 is 5.32 Å². The molecule has 138 valence electrons. The Morgan fingerprint density at radius 1 is 1.11 bits per heavy atom. The van der Waals surface area contributed by atoms with Crippen LogP contribution in [-0.2, 0) is 5.75 Å². The highest BCUT2D eigenvalue weighted by Crippen LogP contribution is 2.26. The van der Waals surface area contributed by atoms with E-state index in [9.17, 15) is 4.79 Å². The summed E-state index contributed by atoms with van der Waals surface area (Å²) in [4.78, 5) is 21.2. The summed E-state index contributed by atoms with van der Waals surface area (Å²) in [6.45, 7) is 6.41. The Bertz CT molecular complexity index is 926. The number of hydrogen-bond donors (Lipinski definition) is 1. The molecule has 0 radical (unpaired) electrons. The Morgan fingerprint density at radius 3 is 2.59 bits per heavy atom. The van der Waals surface area contributed by atoms with E-state index in [1.165, 1.54) is 11.1 Å². The molecule has 0 fully saturated rings. The first-order chi connectivity index (χ1) is 13.0. The minimum Gasteiger partial charge on any atom is -0.322 e. The molecule has 5 heteroatoms. The zero-order valence-corrected chi connectivity index (χ0v) is 16.6. The van der Waals surface area contributed by atoms with Gasteiger partial charge in [0.2, 0.25) is 0 Å². The van der Waals surface area contributed by atoms with E-state index >= 15 is 0 Å². The van der Waals surface area contributed by atoms with Crippen molar-refractivity contribution in [3.8, 4) is 0 Å². The molecule has 0 aliphatic rings. The highest BCUT2D eigenvalue weighted by atomic mass is 32.2. The van der Waals surface area contributed by atoms with Crippen LogP contribution in [0.4, 0.5) is 5.69 Å². The first kappa shape index (κ1) is 19.1. The van der Waals surface area contributed by atoms with Crippen molar-refractivity contribution >= 4 is 23.4 Å². The van der Waals surface area contributed by atoms with Gasteiger partial charge in [-0.25, -0.2) is 4.98 Å². The van der Waals surface area contributed by atoms with Crippen LogP contribution < -0.4 is 5.32 Å². The van der Waals surface area contributed by atoms with Gasteiger partial charge in [0.05, 0.1) is 5.56 Å². The number of benzene rings is 1. The number of amides is 1. The lowest BCUT2D eigenvalue weighted by atomic mass is 9.97. The van der Waals surface area contributed by atoms with Gasteiger partial charge in [-0.2, -0.15) is 0 Å². The Labute approximate surface area is 164 Å². The fraction of sp³-hybridized carbons (Fsp3) is 0.227. The van der Waals surface area contributed by atoms with Crippen molar-refractivity contribution in [2.75, 3.05) is 5.32 Å². The molecule has 3 rings (SSSR count). The highest BCUT2D eigenvalue weighted by molar-refractivity contribution is 7.98. The van der Waals surface area contributed by atoms with Crippen molar-refractivity contribution in [2.45, 2.75) is 37.5 Å². The number of carbonyl (C=O) groups is 1. The van der Waals surface area contributed by atoms with Gasteiger partial charge in [0.15, 0.2) is 0 Å². The average Bonchev–Trinajstić information content (AvgIpc) is 2.67. The van der Waals surface area contributed by atoms with Crippen LogP contribution in [0, 0.1) is 6.92 Å². The van der Waals surface area contributed by atoms with Crippen LogP contribution >= 0.6 is 11.8 Å². The van der Waals surface area contributed by atoms with Gasteiger partial charge in [-0.1, -0.05) is 19.9 Å². The molecule has 0 bridgehead atoms. The van der Waals surface area contributed by atoms with Crippen molar-refractivity contribution in [3.05, 3.63) is 83.3 Å². The van der Waals surface area contributed by atoms with E-state index in [4.69, 9.17) is 0 Å². The second-order valence-electron chi connectivity index (χ2n) is 6.68. The normalized spacial score (nSPS) is 10.8. The number of aromatic nitrogens is 2. The van der Waals surface area contributed by atoms with Crippen LogP contribution in [0.2, 0.25) is 0 Å². The summed E-state index contributed by atoms with van der Waals surface area (Å²) in [5, 5.41) is 3.73. The maximum atomic E-state index is 12.8. The molecule has 0 aliphatic carbocycles. The molecule has 0 saturated carbocycles. The lowest BCUT2D eigenvalue weighted by Crippen LogP contribution is -2.14. The average molecular weight is 378 g/mol. The van der Waals surface area contributed by atoms with E-state index in [0.29, 0.717) is 11.5 Å². The molecule has 1 amide bonds. The molecule has 1 aromatic carbocycles. The molecule has 4 nitrogen and oxygen atoms in total. The number of nitrogens with one attached hydrogen (secondary N) is 1. The first-order valence-electron chi connectivity index (χ1n) is 8.93.